The molecule has 0 fully saturated rings. The van der Waals surface area contributed by atoms with Crippen LogP contribution < -0.4 is 11.1 Å². The van der Waals surface area contributed by atoms with Gasteiger partial charge in [-0.2, -0.15) is 0 Å². The summed E-state index contributed by atoms with van der Waals surface area (Å²) in [5.74, 6) is 0. The van der Waals surface area contributed by atoms with Crippen LogP contribution in [0.2, 0.25) is 0 Å². The quantitative estimate of drug-likeness (QED) is 0.792. The highest BCUT2D eigenvalue weighted by Gasteiger charge is 2.03. The van der Waals surface area contributed by atoms with Gasteiger partial charge in [0, 0.05) is 36.4 Å². The van der Waals surface area contributed by atoms with Crippen LogP contribution in [-0.2, 0) is 6.54 Å². The number of aryl methyl sites for hydroxylation is 1. The lowest BCUT2D eigenvalue weighted by molar-refractivity contribution is 0.619. The number of benzene rings is 1. The average Bonchev–Trinajstić information content (AvgIpc) is 2.67. The highest BCUT2D eigenvalue weighted by atomic mass is 15.1. The first-order chi connectivity index (χ1) is 8.13. The van der Waals surface area contributed by atoms with E-state index in [-0.39, 0.29) is 0 Å². The molecule has 0 aliphatic heterocycles. The summed E-state index contributed by atoms with van der Waals surface area (Å²) < 4.78 is 2.05. The second kappa shape index (κ2) is 4.91. The Hall–Kier alpha value is -1.97. The maximum atomic E-state index is 5.82. The summed E-state index contributed by atoms with van der Waals surface area (Å²) in [5.41, 5.74) is 8.84. The van der Waals surface area contributed by atoms with Crippen molar-refractivity contribution in [1.29, 1.82) is 0 Å². The van der Waals surface area contributed by atoms with E-state index in [1.807, 2.05) is 31.6 Å². The minimum atomic E-state index is 0.324. The number of nitrogen functional groups attached to an aromatic ring is 1. The van der Waals surface area contributed by atoms with E-state index in [9.17, 15) is 0 Å². The largest absolute Gasteiger partial charge is 0.399 e. The Kier molecular flexibility index (Phi) is 3.32. The number of aromatic nitrogens is 2. The summed E-state index contributed by atoms with van der Waals surface area (Å²) in [5, 5.41) is 3.43. The number of hydrogen-bond donors (Lipinski definition) is 2. The molecule has 1 heterocycles. The molecule has 2 aromatic rings. The molecule has 1 atom stereocenters. The zero-order chi connectivity index (χ0) is 12.3. The van der Waals surface area contributed by atoms with Crippen LogP contribution in [0.4, 0.5) is 11.4 Å². The van der Waals surface area contributed by atoms with Crippen LogP contribution in [0.3, 0.4) is 0 Å². The number of nitrogens with two attached hydrogens (primary N) is 1. The Balaban J connectivity index is 2.00. The lowest BCUT2D eigenvalue weighted by Gasteiger charge is -2.16. The van der Waals surface area contributed by atoms with Crippen LogP contribution >= 0.6 is 0 Å². The predicted octanol–water partition coefficient (Wildman–Crippen LogP) is 2.27. The molecule has 1 aromatic carbocycles. The molecule has 4 nitrogen and oxygen atoms in total. The van der Waals surface area contributed by atoms with Gasteiger partial charge in [0.2, 0.25) is 0 Å². The molecule has 0 aliphatic carbocycles. The first-order valence-electron chi connectivity index (χ1n) is 5.73. The number of hydrogen-bond acceptors (Lipinski definition) is 3. The highest BCUT2D eigenvalue weighted by Crippen LogP contribution is 2.16. The third kappa shape index (κ3) is 3.24. The van der Waals surface area contributed by atoms with Gasteiger partial charge in [0.15, 0.2) is 0 Å². The van der Waals surface area contributed by atoms with Crippen molar-refractivity contribution in [3.63, 3.8) is 0 Å². The van der Waals surface area contributed by atoms with Crippen LogP contribution in [0.25, 0.3) is 0 Å². The molecule has 0 amide bonds. The van der Waals surface area contributed by atoms with Crippen molar-refractivity contribution in [2.24, 2.45) is 0 Å². The molecule has 0 bridgehead atoms. The fourth-order valence-electron chi connectivity index (χ4n) is 1.94. The predicted molar refractivity (Wildman–Crippen MR) is 70.9 cm³/mol. The van der Waals surface area contributed by atoms with Crippen LogP contribution in [-0.4, -0.2) is 15.6 Å². The van der Waals surface area contributed by atoms with Gasteiger partial charge >= 0.3 is 0 Å². The van der Waals surface area contributed by atoms with Crippen molar-refractivity contribution in [2.45, 2.75) is 26.4 Å². The number of nitrogens with one attached hydrogen (secondary N) is 1. The molecule has 0 saturated heterocycles. The molecule has 0 radical (unpaired) electrons. The standard InChI is InChI=1S/C13H18N4/c1-10-5-12(14)7-13(6-10)16-11(2)8-17-4-3-15-9-17/h3-7,9,11,16H,8,14H2,1-2H3. The van der Waals surface area contributed by atoms with E-state index in [0.29, 0.717) is 6.04 Å². The Morgan fingerprint density at radius 3 is 2.88 bits per heavy atom. The first-order valence-corrected chi connectivity index (χ1v) is 5.73. The number of imidazole rings is 1. The summed E-state index contributed by atoms with van der Waals surface area (Å²) >= 11 is 0. The smallest absolute Gasteiger partial charge is 0.0946 e. The minimum Gasteiger partial charge on any atom is -0.399 e. The zero-order valence-electron chi connectivity index (χ0n) is 10.2. The second-order valence-electron chi connectivity index (χ2n) is 4.44. The summed E-state index contributed by atoms with van der Waals surface area (Å²) in [7, 11) is 0. The summed E-state index contributed by atoms with van der Waals surface area (Å²) in [6, 6.07) is 6.34. The van der Waals surface area contributed by atoms with Crippen molar-refractivity contribution < 1.29 is 0 Å². The van der Waals surface area contributed by atoms with Crippen molar-refractivity contribution in [3.8, 4) is 0 Å². The van der Waals surface area contributed by atoms with Gasteiger partial charge in [0.05, 0.1) is 6.33 Å². The highest BCUT2D eigenvalue weighted by molar-refractivity contribution is 5.57. The number of anilines is 2. The lowest BCUT2D eigenvalue weighted by atomic mass is 10.2. The molecule has 90 valence electrons. The summed E-state index contributed by atoms with van der Waals surface area (Å²) in [6.45, 7) is 5.06. The molecule has 0 spiro atoms. The molecular formula is C13H18N4. The van der Waals surface area contributed by atoms with E-state index >= 15 is 0 Å². The van der Waals surface area contributed by atoms with Crippen molar-refractivity contribution in [1.82, 2.24) is 9.55 Å². The molecule has 2 rings (SSSR count). The SMILES string of the molecule is Cc1cc(N)cc(NC(C)Cn2ccnc2)c1. The van der Waals surface area contributed by atoms with Gasteiger partial charge in [0.25, 0.3) is 0 Å². The van der Waals surface area contributed by atoms with E-state index in [4.69, 9.17) is 5.73 Å². The van der Waals surface area contributed by atoms with Gasteiger partial charge in [-0.3, -0.25) is 0 Å². The molecule has 0 saturated carbocycles. The molecule has 1 unspecified atom stereocenters. The van der Waals surface area contributed by atoms with Gasteiger partial charge in [-0.15, -0.1) is 0 Å². The lowest BCUT2D eigenvalue weighted by Crippen LogP contribution is -2.21. The van der Waals surface area contributed by atoms with E-state index in [2.05, 4.69) is 27.9 Å². The second-order valence-corrected chi connectivity index (χ2v) is 4.44. The van der Waals surface area contributed by atoms with Gasteiger partial charge in [-0.25, -0.2) is 4.98 Å². The van der Waals surface area contributed by atoms with Crippen LogP contribution in [0, 0.1) is 6.92 Å². The fourth-order valence-corrected chi connectivity index (χ4v) is 1.94. The number of rotatable bonds is 4. The fraction of sp³-hybridized carbons (Fsp3) is 0.308. The van der Waals surface area contributed by atoms with Gasteiger partial charge in [0.1, 0.15) is 0 Å². The summed E-state index contributed by atoms with van der Waals surface area (Å²) in [4.78, 5) is 4.03. The topological polar surface area (TPSA) is 55.9 Å². The maximum Gasteiger partial charge on any atom is 0.0946 e. The molecular weight excluding hydrogens is 212 g/mol. The Morgan fingerprint density at radius 2 is 2.24 bits per heavy atom. The van der Waals surface area contributed by atoms with E-state index in [0.717, 1.165) is 17.9 Å². The van der Waals surface area contributed by atoms with Gasteiger partial charge < -0.3 is 15.6 Å². The number of nitrogens with zero attached hydrogens (tertiary/aromatic N) is 2. The maximum absolute atomic E-state index is 5.82. The Labute approximate surface area is 101 Å². The first kappa shape index (κ1) is 11.5. The van der Waals surface area contributed by atoms with Crippen LogP contribution in [0.5, 0.6) is 0 Å². The van der Waals surface area contributed by atoms with Gasteiger partial charge in [-0.05, 0) is 37.6 Å². The third-order valence-corrected chi connectivity index (χ3v) is 2.56. The monoisotopic (exact) mass is 230 g/mol. The minimum absolute atomic E-state index is 0.324. The molecule has 0 aliphatic rings. The molecule has 4 heteroatoms. The van der Waals surface area contributed by atoms with Crippen LogP contribution in [0.1, 0.15) is 12.5 Å². The third-order valence-electron chi connectivity index (χ3n) is 2.56. The zero-order valence-corrected chi connectivity index (χ0v) is 10.2. The average molecular weight is 230 g/mol. The van der Waals surface area contributed by atoms with E-state index in [1.54, 1.807) is 6.20 Å². The molecule has 17 heavy (non-hydrogen) atoms. The Morgan fingerprint density at radius 1 is 1.41 bits per heavy atom. The normalized spacial score (nSPS) is 12.4. The van der Waals surface area contributed by atoms with Crippen molar-refractivity contribution in [2.75, 3.05) is 11.1 Å². The summed E-state index contributed by atoms with van der Waals surface area (Å²) in [6.07, 6.45) is 5.57. The molecule has 1 aromatic heterocycles. The Bertz CT molecular complexity index is 456. The molecule has 3 N–H and O–H groups in total. The van der Waals surface area contributed by atoms with E-state index < -0.39 is 0 Å². The van der Waals surface area contributed by atoms with E-state index in [1.165, 1.54) is 5.56 Å². The van der Waals surface area contributed by atoms with Gasteiger partial charge in [-0.1, -0.05) is 0 Å². The van der Waals surface area contributed by atoms with Crippen LogP contribution in [0.15, 0.2) is 36.9 Å². The van der Waals surface area contributed by atoms with Crippen molar-refractivity contribution in [3.05, 3.63) is 42.5 Å². The van der Waals surface area contributed by atoms with Crippen molar-refractivity contribution >= 4 is 11.4 Å².